The highest BCUT2D eigenvalue weighted by Crippen LogP contribution is 1.96. The zero-order valence-corrected chi connectivity index (χ0v) is 7.13. The SMILES string of the molecule is C=CCNC(=O)[C@@H](N)C(C)C. The lowest BCUT2D eigenvalue weighted by atomic mass is 10.1. The summed E-state index contributed by atoms with van der Waals surface area (Å²) in [5, 5.41) is 2.63. The van der Waals surface area contributed by atoms with Crippen LogP contribution in [0, 0.1) is 5.92 Å². The summed E-state index contributed by atoms with van der Waals surface area (Å²) in [6, 6.07) is -0.407. The third kappa shape index (κ3) is 3.78. The molecule has 0 saturated carbocycles. The van der Waals surface area contributed by atoms with Gasteiger partial charge in [0.1, 0.15) is 0 Å². The molecule has 1 amide bonds. The summed E-state index contributed by atoms with van der Waals surface area (Å²) < 4.78 is 0. The zero-order chi connectivity index (χ0) is 8.85. The third-order valence-electron chi connectivity index (χ3n) is 1.44. The van der Waals surface area contributed by atoms with E-state index in [4.69, 9.17) is 5.73 Å². The number of hydrogen-bond acceptors (Lipinski definition) is 2. The molecular weight excluding hydrogens is 140 g/mol. The van der Waals surface area contributed by atoms with E-state index in [1.807, 2.05) is 13.8 Å². The van der Waals surface area contributed by atoms with Crippen LogP contribution < -0.4 is 11.1 Å². The maximum absolute atomic E-state index is 11.1. The van der Waals surface area contributed by atoms with Gasteiger partial charge in [0, 0.05) is 6.54 Å². The van der Waals surface area contributed by atoms with Crippen LogP contribution in [0.4, 0.5) is 0 Å². The predicted molar refractivity (Wildman–Crippen MR) is 46.0 cm³/mol. The first kappa shape index (κ1) is 10.2. The van der Waals surface area contributed by atoms with Crippen molar-refractivity contribution in [3.63, 3.8) is 0 Å². The zero-order valence-electron chi connectivity index (χ0n) is 7.13. The van der Waals surface area contributed by atoms with Gasteiger partial charge in [-0.1, -0.05) is 19.9 Å². The fraction of sp³-hybridized carbons (Fsp3) is 0.625. The van der Waals surface area contributed by atoms with E-state index in [1.165, 1.54) is 0 Å². The van der Waals surface area contributed by atoms with E-state index in [1.54, 1.807) is 6.08 Å². The van der Waals surface area contributed by atoms with Crippen LogP contribution in [0.5, 0.6) is 0 Å². The average molecular weight is 156 g/mol. The minimum absolute atomic E-state index is 0.111. The third-order valence-corrected chi connectivity index (χ3v) is 1.44. The molecule has 0 bridgehead atoms. The average Bonchev–Trinajstić information content (AvgIpc) is 1.98. The lowest BCUT2D eigenvalue weighted by Gasteiger charge is -2.13. The highest BCUT2D eigenvalue weighted by Gasteiger charge is 2.15. The van der Waals surface area contributed by atoms with Crippen LogP contribution in [0.3, 0.4) is 0 Å². The molecular formula is C8H16N2O. The molecule has 0 unspecified atom stereocenters. The Bertz CT molecular complexity index is 143. The van der Waals surface area contributed by atoms with E-state index < -0.39 is 6.04 Å². The predicted octanol–water partition coefficient (Wildman–Crippen LogP) is 0.272. The molecule has 64 valence electrons. The first-order chi connectivity index (χ1) is 5.09. The molecule has 3 heteroatoms. The highest BCUT2D eigenvalue weighted by molar-refractivity contribution is 5.81. The van der Waals surface area contributed by atoms with Gasteiger partial charge in [-0.15, -0.1) is 6.58 Å². The molecule has 0 saturated heterocycles. The maximum Gasteiger partial charge on any atom is 0.237 e. The number of nitrogens with two attached hydrogens (primary N) is 1. The van der Waals surface area contributed by atoms with Crippen molar-refractivity contribution in [1.82, 2.24) is 5.32 Å². The fourth-order valence-electron chi connectivity index (χ4n) is 0.593. The van der Waals surface area contributed by atoms with Crippen molar-refractivity contribution in [2.45, 2.75) is 19.9 Å². The van der Waals surface area contributed by atoms with Gasteiger partial charge in [0.15, 0.2) is 0 Å². The smallest absolute Gasteiger partial charge is 0.237 e. The maximum atomic E-state index is 11.1. The number of amides is 1. The van der Waals surface area contributed by atoms with Gasteiger partial charge in [-0.2, -0.15) is 0 Å². The quantitative estimate of drug-likeness (QED) is 0.574. The van der Waals surface area contributed by atoms with Crippen molar-refractivity contribution in [2.75, 3.05) is 6.54 Å². The Labute approximate surface area is 67.7 Å². The summed E-state index contributed by atoms with van der Waals surface area (Å²) in [7, 11) is 0. The number of rotatable bonds is 4. The number of hydrogen-bond donors (Lipinski definition) is 2. The van der Waals surface area contributed by atoms with E-state index >= 15 is 0 Å². The molecule has 0 aromatic rings. The highest BCUT2D eigenvalue weighted by atomic mass is 16.2. The number of nitrogens with one attached hydrogen (secondary N) is 1. The summed E-state index contributed by atoms with van der Waals surface area (Å²) in [6.45, 7) is 7.80. The lowest BCUT2D eigenvalue weighted by molar-refractivity contribution is -0.123. The largest absolute Gasteiger partial charge is 0.351 e. The van der Waals surface area contributed by atoms with Crippen molar-refractivity contribution >= 4 is 5.91 Å². The first-order valence-corrected chi connectivity index (χ1v) is 3.73. The fourth-order valence-corrected chi connectivity index (χ4v) is 0.593. The molecule has 0 rings (SSSR count). The monoisotopic (exact) mass is 156 g/mol. The molecule has 0 aromatic carbocycles. The number of carbonyl (C=O) groups is 1. The van der Waals surface area contributed by atoms with Gasteiger partial charge in [0.25, 0.3) is 0 Å². The Morgan fingerprint density at radius 1 is 1.73 bits per heavy atom. The second kappa shape index (κ2) is 4.91. The van der Waals surface area contributed by atoms with Crippen LogP contribution >= 0.6 is 0 Å². The van der Waals surface area contributed by atoms with Gasteiger partial charge in [-0.25, -0.2) is 0 Å². The summed E-state index contributed by atoms with van der Waals surface area (Å²) in [5.74, 6) is 0.0692. The lowest BCUT2D eigenvalue weighted by Crippen LogP contribution is -2.43. The van der Waals surface area contributed by atoms with E-state index in [9.17, 15) is 4.79 Å². The minimum atomic E-state index is -0.407. The Morgan fingerprint density at radius 3 is 2.64 bits per heavy atom. The molecule has 0 aliphatic rings. The minimum Gasteiger partial charge on any atom is -0.351 e. The molecule has 0 heterocycles. The summed E-state index contributed by atoms with van der Waals surface area (Å²) >= 11 is 0. The molecule has 3 nitrogen and oxygen atoms in total. The van der Waals surface area contributed by atoms with E-state index in [0.29, 0.717) is 6.54 Å². The molecule has 11 heavy (non-hydrogen) atoms. The summed E-state index contributed by atoms with van der Waals surface area (Å²) in [5.41, 5.74) is 5.55. The van der Waals surface area contributed by atoms with Crippen LogP contribution in [0.2, 0.25) is 0 Å². The standard InChI is InChI=1S/C8H16N2O/c1-4-5-10-8(11)7(9)6(2)3/h4,6-7H,1,5,9H2,2-3H3,(H,10,11)/t7-/m0/s1. The van der Waals surface area contributed by atoms with Crippen LogP contribution in [-0.2, 0) is 4.79 Å². The molecule has 0 radical (unpaired) electrons. The van der Waals surface area contributed by atoms with Crippen molar-refractivity contribution in [3.8, 4) is 0 Å². The van der Waals surface area contributed by atoms with Crippen LogP contribution in [0.25, 0.3) is 0 Å². The van der Waals surface area contributed by atoms with Crippen LogP contribution in [0.1, 0.15) is 13.8 Å². The van der Waals surface area contributed by atoms with Gasteiger partial charge >= 0.3 is 0 Å². The number of carbonyl (C=O) groups excluding carboxylic acids is 1. The second-order valence-electron chi connectivity index (χ2n) is 2.80. The second-order valence-corrected chi connectivity index (χ2v) is 2.80. The molecule has 3 N–H and O–H groups in total. The molecule has 0 spiro atoms. The van der Waals surface area contributed by atoms with Crippen molar-refractivity contribution in [2.24, 2.45) is 11.7 Å². The van der Waals surface area contributed by atoms with Crippen molar-refractivity contribution in [3.05, 3.63) is 12.7 Å². The van der Waals surface area contributed by atoms with E-state index in [2.05, 4.69) is 11.9 Å². The van der Waals surface area contributed by atoms with Crippen molar-refractivity contribution < 1.29 is 4.79 Å². The molecule has 0 aromatic heterocycles. The van der Waals surface area contributed by atoms with Crippen molar-refractivity contribution in [1.29, 1.82) is 0 Å². The van der Waals surface area contributed by atoms with Gasteiger partial charge in [-0.05, 0) is 5.92 Å². The van der Waals surface area contributed by atoms with Gasteiger partial charge in [0.05, 0.1) is 6.04 Å². The van der Waals surface area contributed by atoms with E-state index in [0.717, 1.165) is 0 Å². The van der Waals surface area contributed by atoms with Gasteiger partial charge in [-0.3, -0.25) is 4.79 Å². The van der Waals surface area contributed by atoms with Gasteiger partial charge in [0.2, 0.25) is 5.91 Å². The molecule has 0 aliphatic heterocycles. The van der Waals surface area contributed by atoms with Crippen LogP contribution in [-0.4, -0.2) is 18.5 Å². The Balaban J connectivity index is 3.73. The van der Waals surface area contributed by atoms with E-state index in [-0.39, 0.29) is 11.8 Å². The summed E-state index contributed by atoms with van der Waals surface area (Å²) in [4.78, 5) is 11.1. The van der Waals surface area contributed by atoms with Gasteiger partial charge < -0.3 is 11.1 Å². The normalized spacial score (nSPS) is 12.7. The molecule has 0 aliphatic carbocycles. The molecule has 0 fully saturated rings. The Kier molecular flexibility index (Phi) is 4.54. The first-order valence-electron chi connectivity index (χ1n) is 3.73. The topological polar surface area (TPSA) is 55.1 Å². The Morgan fingerprint density at radius 2 is 2.27 bits per heavy atom. The Hall–Kier alpha value is -0.830. The molecule has 1 atom stereocenters. The summed E-state index contributed by atoms with van der Waals surface area (Å²) in [6.07, 6.45) is 1.63. The van der Waals surface area contributed by atoms with Crippen LogP contribution in [0.15, 0.2) is 12.7 Å².